The first-order valence-corrected chi connectivity index (χ1v) is 5.45. The van der Waals surface area contributed by atoms with Gasteiger partial charge in [0.05, 0.1) is 0 Å². The number of nitrogens with one attached hydrogen (secondary N) is 1. The summed E-state index contributed by atoms with van der Waals surface area (Å²) in [7, 11) is 0. The van der Waals surface area contributed by atoms with Crippen LogP contribution in [0, 0.1) is 11.6 Å². The number of nitrogens with two attached hydrogens (primary N) is 1. The average molecular weight is 242 g/mol. The summed E-state index contributed by atoms with van der Waals surface area (Å²) in [6.07, 6.45) is 0.935. The molecule has 1 aromatic carbocycles. The molecule has 1 aromatic rings. The molecule has 1 amide bonds. The Balaban J connectivity index is 2.39. The highest BCUT2D eigenvalue weighted by Gasteiger charge is 2.05. The summed E-state index contributed by atoms with van der Waals surface area (Å²) in [4.78, 5) is 11.3. The van der Waals surface area contributed by atoms with Crippen LogP contribution in [0.15, 0.2) is 18.2 Å². The maximum Gasteiger partial charge on any atom is 0.220 e. The van der Waals surface area contributed by atoms with Crippen LogP contribution >= 0.6 is 0 Å². The Hall–Kier alpha value is -1.49. The van der Waals surface area contributed by atoms with Crippen molar-refractivity contribution in [3.05, 3.63) is 35.4 Å². The lowest BCUT2D eigenvalue weighted by atomic mass is 10.2. The number of halogens is 2. The molecule has 0 bridgehead atoms. The number of hydrogen-bond acceptors (Lipinski definition) is 2. The summed E-state index contributed by atoms with van der Waals surface area (Å²) in [5.41, 5.74) is 6.04. The van der Waals surface area contributed by atoms with E-state index in [4.69, 9.17) is 5.73 Å². The molecular weight excluding hydrogens is 226 g/mol. The molecule has 0 aliphatic heterocycles. The van der Waals surface area contributed by atoms with Gasteiger partial charge in [-0.25, -0.2) is 8.78 Å². The lowest BCUT2D eigenvalue weighted by Gasteiger charge is -2.07. The van der Waals surface area contributed by atoms with Crippen molar-refractivity contribution < 1.29 is 13.6 Å². The van der Waals surface area contributed by atoms with Crippen molar-refractivity contribution in [2.24, 2.45) is 5.73 Å². The molecule has 0 saturated carbocycles. The Morgan fingerprint density at radius 1 is 1.41 bits per heavy atom. The zero-order valence-electron chi connectivity index (χ0n) is 9.67. The van der Waals surface area contributed by atoms with Gasteiger partial charge in [-0.3, -0.25) is 4.79 Å². The molecule has 17 heavy (non-hydrogen) atoms. The molecule has 0 heterocycles. The predicted octanol–water partition coefficient (Wildman–Crippen LogP) is 1.71. The number of carbonyl (C=O) groups excluding carboxylic acids is 1. The van der Waals surface area contributed by atoms with Gasteiger partial charge < -0.3 is 11.1 Å². The smallest absolute Gasteiger partial charge is 0.220 e. The van der Waals surface area contributed by atoms with Crippen molar-refractivity contribution in [2.45, 2.75) is 32.4 Å². The zero-order chi connectivity index (χ0) is 12.8. The summed E-state index contributed by atoms with van der Waals surface area (Å²) >= 11 is 0. The number of benzene rings is 1. The fourth-order valence-corrected chi connectivity index (χ4v) is 1.30. The molecule has 3 nitrogen and oxygen atoms in total. The lowest BCUT2D eigenvalue weighted by molar-refractivity contribution is -0.121. The Bertz CT molecular complexity index is 394. The number of hydrogen-bond donors (Lipinski definition) is 2. The Morgan fingerprint density at radius 2 is 2.12 bits per heavy atom. The van der Waals surface area contributed by atoms with Gasteiger partial charge in [0, 0.05) is 19.0 Å². The molecule has 0 radical (unpaired) electrons. The Labute approximate surface area is 99.0 Å². The van der Waals surface area contributed by atoms with Crippen molar-refractivity contribution in [2.75, 3.05) is 0 Å². The molecule has 1 unspecified atom stereocenters. The second kappa shape index (κ2) is 6.30. The molecule has 1 rings (SSSR count). The van der Waals surface area contributed by atoms with Crippen LogP contribution in [0.5, 0.6) is 0 Å². The molecular formula is C12H16F2N2O. The van der Waals surface area contributed by atoms with Gasteiger partial charge in [0.1, 0.15) is 0 Å². The van der Waals surface area contributed by atoms with Gasteiger partial charge in [0.15, 0.2) is 11.6 Å². The zero-order valence-corrected chi connectivity index (χ0v) is 9.67. The maximum absolute atomic E-state index is 12.9. The van der Waals surface area contributed by atoms with Crippen LogP contribution in [0.2, 0.25) is 0 Å². The standard InChI is InChI=1S/C12H16F2N2O/c1-8(15)2-5-12(17)16-7-9-3-4-10(13)11(14)6-9/h3-4,6,8H,2,5,7,15H2,1H3,(H,16,17). The molecule has 0 aliphatic carbocycles. The van der Waals surface area contributed by atoms with Gasteiger partial charge in [-0.15, -0.1) is 0 Å². The van der Waals surface area contributed by atoms with E-state index in [1.54, 1.807) is 0 Å². The minimum Gasteiger partial charge on any atom is -0.352 e. The van der Waals surface area contributed by atoms with E-state index in [9.17, 15) is 13.6 Å². The van der Waals surface area contributed by atoms with Crippen LogP contribution in [0.1, 0.15) is 25.3 Å². The van der Waals surface area contributed by atoms with E-state index in [0.29, 0.717) is 18.4 Å². The number of rotatable bonds is 5. The predicted molar refractivity (Wildman–Crippen MR) is 61.1 cm³/mol. The van der Waals surface area contributed by atoms with E-state index in [2.05, 4.69) is 5.32 Å². The topological polar surface area (TPSA) is 55.1 Å². The van der Waals surface area contributed by atoms with E-state index in [-0.39, 0.29) is 18.5 Å². The molecule has 0 spiro atoms. The van der Waals surface area contributed by atoms with Crippen LogP contribution in [0.3, 0.4) is 0 Å². The maximum atomic E-state index is 12.9. The Kier molecular flexibility index (Phi) is 5.03. The van der Waals surface area contributed by atoms with Crippen LogP contribution in [0.25, 0.3) is 0 Å². The van der Waals surface area contributed by atoms with Crippen LogP contribution in [-0.2, 0) is 11.3 Å². The summed E-state index contributed by atoms with van der Waals surface area (Å²) < 4.78 is 25.5. The van der Waals surface area contributed by atoms with Gasteiger partial charge >= 0.3 is 0 Å². The summed E-state index contributed by atoms with van der Waals surface area (Å²) in [6.45, 7) is 2.01. The largest absolute Gasteiger partial charge is 0.352 e. The first-order chi connectivity index (χ1) is 7.99. The van der Waals surface area contributed by atoms with Gasteiger partial charge in [0.2, 0.25) is 5.91 Å². The SMILES string of the molecule is CC(N)CCC(=O)NCc1ccc(F)c(F)c1. The quantitative estimate of drug-likeness (QED) is 0.825. The lowest BCUT2D eigenvalue weighted by Crippen LogP contribution is -2.25. The van der Waals surface area contributed by atoms with Crippen molar-refractivity contribution in [1.82, 2.24) is 5.32 Å². The van der Waals surface area contributed by atoms with Gasteiger partial charge in [-0.05, 0) is 31.0 Å². The van der Waals surface area contributed by atoms with Crippen molar-refractivity contribution in [3.8, 4) is 0 Å². The first kappa shape index (κ1) is 13.6. The highest BCUT2D eigenvalue weighted by molar-refractivity contribution is 5.75. The molecule has 1 atom stereocenters. The number of carbonyl (C=O) groups is 1. The van der Waals surface area contributed by atoms with Crippen LogP contribution < -0.4 is 11.1 Å². The minimum atomic E-state index is -0.910. The number of amides is 1. The van der Waals surface area contributed by atoms with E-state index in [1.165, 1.54) is 6.07 Å². The molecule has 94 valence electrons. The van der Waals surface area contributed by atoms with Crippen LogP contribution in [-0.4, -0.2) is 11.9 Å². The molecule has 0 fully saturated rings. The highest BCUT2D eigenvalue weighted by Crippen LogP contribution is 2.08. The summed E-state index contributed by atoms with van der Waals surface area (Å²) in [6, 6.07) is 3.52. The van der Waals surface area contributed by atoms with E-state index in [1.807, 2.05) is 6.92 Å². The van der Waals surface area contributed by atoms with Gasteiger partial charge in [0.25, 0.3) is 0 Å². The fraction of sp³-hybridized carbons (Fsp3) is 0.417. The third-order valence-electron chi connectivity index (χ3n) is 2.30. The van der Waals surface area contributed by atoms with Crippen LogP contribution in [0.4, 0.5) is 8.78 Å². The van der Waals surface area contributed by atoms with E-state index < -0.39 is 11.6 Å². The van der Waals surface area contributed by atoms with Crippen molar-refractivity contribution >= 4 is 5.91 Å². The van der Waals surface area contributed by atoms with Gasteiger partial charge in [-0.1, -0.05) is 6.07 Å². The molecule has 3 N–H and O–H groups in total. The minimum absolute atomic E-state index is 0.0241. The monoisotopic (exact) mass is 242 g/mol. The Morgan fingerprint density at radius 3 is 2.71 bits per heavy atom. The molecule has 0 saturated heterocycles. The first-order valence-electron chi connectivity index (χ1n) is 5.45. The normalized spacial score (nSPS) is 12.2. The third kappa shape index (κ3) is 4.91. The van der Waals surface area contributed by atoms with Crippen molar-refractivity contribution in [3.63, 3.8) is 0 Å². The molecule has 0 aliphatic rings. The highest BCUT2D eigenvalue weighted by atomic mass is 19.2. The third-order valence-corrected chi connectivity index (χ3v) is 2.30. The van der Waals surface area contributed by atoms with Crippen molar-refractivity contribution in [1.29, 1.82) is 0 Å². The fourth-order valence-electron chi connectivity index (χ4n) is 1.30. The average Bonchev–Trinajstić information content (AvgIpc) is 2.28. The van der Waals surface area contributed by atoms with Gasteiger partial charge in [-0.2, -0.15) is 0 Å². The molecule has 5 heteroatoms. The summed E-state index contributed by atoms with van der Waals surface area (Å²) in [5, 5.41) is 2.62. The van der Waals surface area contributed by atoms with E-state index >= 15 is 0 Å². The second-order valence-electron chi connectivity index (χ2n) is 4.04. The molecule has 0 aromatic heterocycles. The summed E-state index contributed by atoms with van der Waals surface area (Å²) in [5.74, 6) is -1.95. The second-order valence-corrected chi connectivity index (χ2v) is 4.04. The van der Waals surface area contributed by atoms with E-state index in [0.717, 1.165) is 12.1 Å².